The minimum atomic E-state index is 0.395. The molecule has 0 aliphatic heterocycles. The van der Waals surface area contributed by atoms with Gasteiger partial charge in [0.25, 0.3) is 0 Å². The van der Waals surface area contributed by atoms with Crippen molar-refractivity contribution >= 4 is 5.95 Å². The van der Waals surface area contributed by atoms with Gasteiger partial charge in [0.1, 0.15) is 0 Å². The van der Waals surface area contributed by atoms with Crippen LogP contribution < -0.4 is 5.32 Å². The summed E-state index contributed by atoms with van der Waals surface area (Å²) in [5.41, 5.74) is 1.38. The van der Waals surface area contributed by atoms with E-state index >= 15 is 0 Å². The molecule has 0 bridgehead atoms. The normalized spacial score (nSPS) is 12.1. The Morgan fingerprint density at radius 2 is 2.16 bits per heavy atom. The van der Waals surface area contributed by atoms with E-state index in [2.05, 4.69) is 58.7 Å². The summed E-state index contributed by atoms with van der Waals surface area (Å²) >= 11 is 0. The number of imidazole rings is 1. The summed E-state index contributed by atoms with van der Waals surface area (Å²) in [5.74, 6) is 0.917. The lowest BCUT2D eigenvalue weighted by molar-refractivity contribution is 0.686. The highest BCUT2D eigenvalue weighted by Gasteiger charge is 2.06. The van der Waals surface area contributed by atoms with E-state index in [1.54, 1.807) is 0 Å². The number of allylic oxidation sites excluding steroid dienone is 1. The van der Waals surface area contributed by atoms with Gasteiger partial charge in [-0.3, -0.25) is 0 Å². The summed E-state index contributed by atoms with van der Waals surface area (Å²) in [6, 6.07) is 11.0. The van der Waals surface area contributed by atoms with Crippen molar-refractivity contribution in [1.82, 2.24) is 9.55 Å². The smallest absolute Gasteiger partial charge is 0.203 e. The van der Waals surface area contributed by atoms with Crippen LogP contribution in [0.25, 0.3) is 0 Å². The van der Waals surface area contributed by atoms with E-state index in [1.165, 1.54) is 5.56 Å². The fourth-order valence-electron chi connectivity index (χ4n) is 2.06. The van der Waals surface area contributed by atoms with Crippen molar-refractivity contribution in [3.8, 4) is 0 Å². The number of hydrogen-bond acceptors (Lipinski definition) is 2. The van der Waals surface area contributed by atoms with Crippen LogP contribution in [0.5, 0.6) is 0 Å². The van der Waals surface area contributed by atoms with Crippen molar-refractivity contribution in [1.29, 1.82) is 0 Å². The minimum Gasteiger partial charge on any atom is -0.353 e. The summed E-state index contributed by atoms with van der Waals surface area (Å²) in [5, 5.41) is 3.45. The molecule has 0 fully saturated rings. The molecular formula is C16H21N3. The third-order valence-corrected chi connectivity index (χ3v) is 3.13. The van der Waals surface area contributed by atoms with Crippen molar-refractivity contribution in [3.05, 3.63) is 60.9 Å². The zero-order valence-corrected chi connectivity index (χ0v) is 11.4. The van der Waals surface area contributed by atoms with Crippen LogP contribution in [0.2, 0.25) is 0 Å². The first-order valence-electron chi connectivity index (χ1n) is 6.72. The minimum absolute atomic E-state index is 0.395. The SMILES string of the molecule is C=CCn1ccnc1NC(C)CCc1ccccc1. The third-order valence-electron chi connectivity index (χ3n) is 3.13. The summed E-state index contributed by atoms with van der Waals surface area (Å²) in [6.45, 7) is 6.73. The van der Waals surface area contributed by atoms with Gasteiger partial charge in [-0.05, 0) is 25.3 Å². The van der Waals surface area contributed by atoms with E-state index in [1.807, 2.05) is 18.5 Å². The highest BCUT2D eigenvalue weighted by Crippen LogP contribution is 2.10. The van der Waals surface area contributed by atoms with E-state index < -0.39 is 0 Å². The van der Waals surface area contributed by atoms with E-state index in [0.717, 1.165) is 25.3 Å². The second kappa shape index (κ2) is 6.78. The zero-order chi connectivity index (χ0) is 13.5. The van der Waals surface area contributed by atoms with Crippen LogP contribution in [0.15, 0.2) is 55.4 Å². The first-order valence-corrected chi connectivity index (χ1v) is 6.72. The fourth-order valence-corrected chi connectivity index (χ4v) is 2.06. The van der Waals surface area contributed by atoms with Crippen molar-refractivity contribution < 1.29 is 0 Å². The number of nitrogens with one attached hydrogen (secondary N) is 1. The first kappa shape index (κ1) is 13.4. The van der Waals surface area contributed by atoms with Gasteiger partial charge in [-0.1, -0.05) is 36.4 Å². The van der Waals surface area contributed by atoms with Gasteiger partial charge >= 0.3 is 0 Å². The molecule has 0 saturated carbocycles. The van der Waals surface area contributed by atoms with Crippen molar-refractivity contribution in [2.24, 2.45) is 0 Å². The Balaban J connectivity index is 1.85. The molecule has 0 spiro atoms. The molecule has 1 N–H and O–H groups in total. The Labute approximate surface area is 115 Å². The lowest BCUT2D eigenvalue weighted by atomic mass is 10.1. The Morgan fingerprint density at radius 3 is 2.89 bits per heavy atom. The maximum absolute atomic E-state index is 4.33. The molecule has 1 unspecified atom stereocenters. The topological polar surface area (TPSA) is 29.9 Å². The number of hydrogen-bond donors (Lipinski definition) is 1. The molecule has 1 aromatic carbocycles. The number of anilines is 1. The fraction of sp³-hybridized carbons (Fsp3) is 0.312. The van der Waals surface area contributed by atoms with Gasteiger partial charge in [0.2, 0.25) is 5.95 Å². The van der Waals surface area contributed by atoms with Crippen molar-refractivity contribution in [2.75, 3.05) is 5.32 Å². The molecule has 3 heteroatoms. The largest absolute Gasteiger partial charge is 0.353 e. The predicted molar refractivity (Wildman–Crippen MR) is 80.3 cm³/mol. The van der Waals surface area contributed by atoms with Crippen LogP contribution in [0, 0.1) is 0 Å². The second-order valence-corrected chi connectivity index (χ2v) is 4.76. The Bertz CT molecular complexity index is 502. The highest BCUT2D eigenvalue weighted by molar-refractivity contribution is 5.28. The quantitative estimate of drug-likeness (QED) is 0.767. The lowest BCUT2D eigenvalue weighted by Crippen LogP contribution is -2.19. The van der Waals surface area contributed by atoms with Crippen LogP contribution in [-0.2, 0) is 13.0 Å². The van der Waals surface area contributed by atoms with E-state index in [9.17, 15) is 0 Å². The zero-order valence-electron chi connectivity index (χ0n) is 11.4. The van der Waals surface area contributed by atoms with Crippen LogP contribution >= 0.6 is 0 Å². The van der Waals surface area contributed by atoms with Gasteiger partial charge in [-0.25, -0.2) is 4.98 Å². The van der Waals surface area contributed by atoms with Gasteiger partial charge in [-0.15, -0.1) is 6.58 Å². The molecule has 0 radical (unpaired) electrons. The summed E-state index contributed by atoms with van der Waals surface area (Å²) in [7, 11) is 0. The van der Waals surface area contributed by atoms with Crippen molar-refractivity contribution in [3.63, 3.8) is 0 Å². The summed E-state index contributed by atoms with van der Waals surface area (Å²) in [4.78, 5) is 4.33. The Morgan fingerprint density at radius 1 is 1.37 bits per heavy atom. The highest BCUT2D eigenvalue weighted by atomic mass is 15.2. The Kier molecular flexibility index (Phi) is 4.78. The Hall–Kier alpha value is -2.03. The molecule has 0 amide bonds. The number of aromatic nitrogens is 2. The molecule has 1 aromatic heterocycles. The van der Waals surface area contributed by atoms with Crippen LogP contribution in [0.3, 0.4) is 0 Å². The van der Waals surface area contributed by atoms with E-state index in [4.69, 9.17) is 0 Å². The average Bonchev–Trinajstić information content (AvgIpc) is 2.85. The van der Waals surface area contributed by atoms with Gasteiger partial charge in [0.15, 0.2) is 0 Å². The van der Waals surface area contributed by atoms with Gasteiger partial charge in [0, 0.05) is 25.0 Å². The number of rotatable bonds is 7. The maximum atomic E-state index is 4.33. The number of benzene rings is 1. The molecule has 2 aromatic rings. The first-order chi connectivity index (χ1) is 9.29. The molecular weight excluding hydrogens is 234 g/mol. The third kappa shape index (κ3) is 3.98. The van der Waals surface area contributed by atoms with Gasteiger partial charge < -0.3 is 9.88 Å². The molecule has 1 atom stereocenters. The molecule has 2 rings (SSSR count). The summed E-state index contributed by atoms with van der Waals surface area (Å²) in [6.07, 6.45) is 7.83. The van der Waals surface area contributed by atoms with Gasteiger partial charge in [0.05, 0.1) is 0 Å². The average molecular weight is 255 g/mol. The van der Waals surface area contributed by atoms with E-state index in [0.29, 0.717) is 6.04 Å². The summed E-state index contributed by atoms with van der Waals surface area (Å²) < 4.78 is 2.06. The molecule has 100 valence electrons. The standard InChI is InChI=1S/C16H21N3/c1-3-12-19-13-11-17-16(19)18-14(2)9-10-15-7-5-4-6-8-15/h3-8,11,13-14H,1,9-10,12H2,2H3,(H,17,18). The molecule has 0 aliphatic rings. The van der Waals surface area contributed by atoms with Crippen LogP contribution in [-0.4, -0.2) is 15.6 Å². The lowest BCUT2D eigenvalue weighted by Gasteiger charge is -2.15. The maximum Gasteiger partial charge on any atom is 0.203 e. The molecule has 19 heavy (non-hydrogen) atoms. The molecule has 0 aliphatic carbocycles. The molecule has 0 saturated heterocycles. The van der Waals surface area contributed by atoms with E-state index in [-0.39, 0.29) is 0 Å². The predicted octanol–water partition coefficient (Wildman–Crippen LogP) is 3.50. The molecule has 3 nitrogen and oxygen atoms in total. The van der Waals surface area contributed by atoms with Crippen LogP contribution in [0.1, 0.15) is 18.9 Å². The van der Waals surface area contributed by atoms with Crippen LogP contribution in [0.4, 0.5) is 5.95 Å². The van der Waals surface area contributed by atoms with Crippen molar-refractivity contribution in [2.45, 2.75) is 32.4 Å². The monoisotopic (exact) mass is 255 g/mol. The number of aryl methyl sites for hydroxylation is 1. The van der Waals surface area contributed by atoms with Gasteiger partial charge in [-0.2, -0.15) is 0 Å². The number of nitrogens with zero attached hydrogens (tertiary/aromatic N) is 2. The molecule has 1 heterocycles. The second-order valence-electron chi connectivity index (χ2n) is 4.76.